The summed E-state index contributed by atoms with van der Waals surface area (Å²) < 4.78 is 20.4. The fourth-order valence-corrected chi connectivity index (χ4v) is 9.43. The smallest absolute Gasteiger partial charge is 0.269 e. The van der Waals surface area contributed by atoms with Crippen molar-refractivity contribution in [2.24, 2.45) is 22.9 Å². The van der Waals surface area contributed by atoms with Gasteiger partial charge in [0.15, 0.2) is 0 Å². The summed E-state index contributed by atoms with van der Waals surface area (Å²) in [6.07, 6.45) is 9.79. The van der Waals surface area contributed by atoms with E-state index in [1.807, 2.05) is 12.1 Å². The Morgan fingerprint density at radius 3 is 2.58 bits per heavy atom. The van der Waals surface area contributed by atoms with E-state index in [9.17, 15) is 20.3 Å². The van der Waals surface area contributed by atoms with Crippen molar-refractivity contribution in [3.05, 3.63) is 88.0 Å². The third-order valence-electron chi connectivity index (χ3n) is 10.8. The second kappa shape index (κ2) is 18.1. The number of nitro groups is 1. The molecule has 6 atom stereocenters. The Bertz CT molecular complexity index is 1580. The summed E-state index contributed by atoms with van der Waals surface area (Å²) in [6.45, 7) is 10.7. The van der Waals surface area contributed by atoms with Crippen LogP contribution in [0.25, 0.3) is 0 Å². The minimum Gasteiger partial charge on any atom is -0.492 e. The number of oxime groups is 1. The van der Waals surface area contributed by atoms with Crippen LogP contribution in [-0.4, -0.2) is 88.6 Å². The van der Waals surface area contributed by atoms with E-state index < -0.39 is 10.7 Å². The van der Waals surface area contributed by atoms with E-state index >= 15 is 0 Å². The highest BCUT2D eigenvalue weighted by Crippen LogP contribution is 2.62. The van der Waals surface area contributed by atoms with Gasteiger partial charge in [0.1, 0.15) is 24.7 Å². The van der Waals surface area contributed by atoms with Gasteiger partial charge in [0.05, 0.1) is 28.4 Å². The van der Waals surface area contributed by atoms with Crippen LogP contribution in [0.4, 0.5) is 5.69 Å². The van der Waals surface area contributed by atoms with Gasteiger partial charge in [-0.25, -0.2) is 0 Å². The zero-order valence-corrected chi connectivity index (χ0v) is 31.0. The number of hydrogen-bond acceptors (Lipinski definition) is 11. The number of allylic oxidation sites excluding steroid dienone is 1. The number of rotatable bonds is 21. The highest BCUT2D eigenvalue weighted by molar-refractivity contribution is 8.00. The topological polar surface area (TPSA) is 136 Å². The van der Waals surface area contributed by atoms with Crippen molar-refractivity contribution in [1.29, 1.82) is 0 Å². The molecule has 282 valence electrons. The zero-order chi connectivity index (χ0) is 36.5. The monoisotopic (exact) mass is 735 g/mol. The molecule has 0 bridgehead atoms. The lowest BCUT2D eigenvalue weighted by molar-refractivity contribution is -0.384. The number of thioether (sulfide) groups is 1. The molecule has 52 heavy (non-hydrogen) atoms. The second-order valence-corrected chi connectivity index (χ2v) is 15.6. The van der Waals surface area contributed by atoms with Crippen LogP contribution in [0.5, 0.6) is 11.5 Å². The average molecular weight is 736 g/mol. The first-order valence-corrected chi connectivity index (χ1v) is 19.9. The fourth-order valence-electron chi connectivity index (χ4n) is 8.25. The van der Waals surface area contributed by atoms with Gasteiger partial charge in [0.25, 0.3) is 5.69 Å². The van der Waals surface area contributed by atoms with Gasteiger partial charge in [-0.3, -0.25) is 15.0 Å². The Kier molecular flexibility index (Phi) is 13.3. The number of nitrogens with zero attached hydrogens (tertiary/aromatic N) is 3. The van der Waals surface area contributed by atoms with Gasteiger partial charge in [-0.1, -0.05) is 37.1 Å². The molecule has 0 spiro atoms. The summed E-state index contributed by atoms with van der Waals surface area (Å²) in [5, 5.41) is 35.5. The fraction of sp³-hybridized carbons (Fsp3) is 0.575. The first kappa shape index (κ1) is 38.3. The molecule has 11 nitrogen and oxygen atoms in total. The normalized spacial score (nSPS) is 26.9. The first-order chi connectivity index (χ1) is 25.4. The quantitative estimate of drug-likeness (QED) is 0.0460. The molecular formula is C40H53N3O8S. The summed E-state index contributed by atoms with van der Waals surface area (Å²) in [7, 11) is 0. The molecular weight excluding hydrogens is 683 g/mol. The summed E-state index contributed by atoms with van der Waals surface area (Å²) in [4.78, 5) is 19.2. The van der Waals surface area contributed by atoms with E-state index in [4.69, 9.17) is 24.2 Å². The molecule has 2 aromatic rings. The van der Waals surface area contributed by atoms with Gasteiger partial charge in [0.2, 0.25) is 5.79 Å². The number of unbranched alkanes of at least 4 members (excludes halogenated alkanes) is 2. The van der Waals surface area contributed by atoms with Gasteiger partial charge in [0, 0.05) is 62.9 Å². The maximum absolute atomic E-state index is 11.2. The molecule has 12 heteroatoms. The van der Waals surface area contributed by atoms with Crippen LogP contribution in [0.1, 0.15) is 68.9 Å². The second-order valence-electron chi connectivity index (χ2n) is 14.1. The molecule has 2 fully saturated rings. The molecule has 0 aromatic heterocycles. The molecule has 2 heterocycles. The highest BCUT2D eigenvalue weighted by atomic mass is 32.2. The lowest BCUT2D eigenvalue weighted by Gasteiger charge is -2.58. The average Bonchev–Trinajstić information content (AvgIpc) is 3.98. The van der Waals surface area contributed by atoms with E-state index in [0.29, 0.717) is 19.6 Å². The minimum absolute atomic E-state index is 0.00208. The molecule has 0 amide bonds. The number of aliphatic hydroxyl groups is 2. The van der Waals surface area contributed by atoms with E-state index in [2.05, 4.69) is 30.5 Å². The van der Waals surface area contributed by atoms with Crippen LogP contribution in [0.3, 0.4) is 0 Å². The van der Waals surface area contributed by atoms with Crippen molar-refractivity contribution in [1.82, 2.24) is 4.90 Å². The maximum Gasteiger partial charge on any atom is 0.269 e. The standard InChI is InChI=1S/C40H53N3O8S/c1-3-22-49-40-37(52-4-2)26-35(41-50-27-28-11-13-30(14-12-28)43(46)47)33-24-29(9-5-7-20-44)32(10-6-8-21-45)38(39(33)40)34-25-31(15-16-36(34)51-40)48-23-19-42-17-18-42/h3,11-16,24-25,29,32,37-39,44-45H,1,4-10,17-23,26-27H2,2H3. The highest BCUT2D eigenvalue weighted by Gasteiger charge is 2.63. The largest absolute Gasteiger partial charge is 0.492 e. The minimum atomic E-state index is -0.997. The number of benzene rings is 2. The molecule has 2 aromatic carbocycles. The summed E-state index contributed by atoms with van der Waals surface area (Å²) in [5.41, 5.74) is 3.85. The SMILES string of the molecule is C=CCOC12Oc3ccc(OCCN4CC4)cc3C3C(CCCCO)C(CCCCO)C=C(C(=NOCc4ccc([N+](=O)[O-])cc4)CC1SCC)C32. The van der Waals surface area contributed by atoms with Crippen LogP contribution in [0, 0.1) is 27.9 Å². The predicted octanol–water partition coefficient (Wildman–Crippen LogP) is 6.88. The van der Waals surface area contributed by atoms with Crippen molar-refractivity contribution in [2.45, 2.75) is 75.4 Å². The van der Waals surface area contributed by atoms with Crippen molar-refractivity contribution in [3.8, 4) is 11.5 Å². The van der Waals surface area contributed by atoms with Crippen LogP contribution in [0.2, 0.25) is 0 Å². The van der Waals surface area contributed by atoms with E-state index in [0.717, 1.165) is 97.8 Å². The number of nitro benzene ring substituents is 1. The zero-order valence-electron chi connectivity index (χ0n) is 30.2. The van der Waals surface area contributed by atoms with Gasteiger partial charge < -0.3 is 29.3 Å². The molecule has 1 saturated heterocycles. The molecule has 2 N–H and O–H groups in total. The van der Waals surface area contributed by atoms with Crippen molar-refractivity contribution in [3.63, 3.8) is 0 Å². The molecule has 4 aliphatic rings. The van der Waals surface area contributed by atoms with Crippen LogP contribution in [0.15, 0.2) is 71.9 Å². The lowest BCUT2D eigenvalue weighted by atomic mass is 9.56. The van der Waals surface area contributed by atoms with Crippen molar-refractivity contribution >= 4 is 23.2 Å². The van der Waals surface area contributed by atoms with Gasteiger partial charge in [-0.05, 0) is 84.7 Å². The maximum atomic E-state index is 11.2. The Hall–Kier alpha value is -3.42. The number of non-ortho nitro benzene ring substituents is 1. The van der Waals surface area contributed by atoms with Crippen LogP contribution in [-0.2, 0) is 16.2 Å². The number of fused-ring (bicyclic) bond motifs is 2. The molecule has 2 aliphatic heterocycles. The Morgan fingerprint density at radius 1 is 1.12 bits per heavy atom. The van der Waals surface area contributed by atoms with E-state index in [-0.39, 0.29) is 54.4 Å². The van der Waals surface area contributed by atoms with Crippen molar-refractivity contribution in [2.75, 3.05) is 51.8 Å². The van der Waals surface area contributed by atoms with Gasteiger partial charge >= 0.3 is 0 Å². The molecule has 6 rings (SSSR count). The third kappa shape index (κ3) is 8.68. The third-order valence-corrected chi connectivity index (χ3v) is 12.0. The Morgan fingerprint density at radius 2 is 1.88 bits per heavy atom. The van der Waals surface area contributed by atoms with Gasteiger partial charge in [-0.2, -0.15) is 11.8 Å². The molecule has 0 radical (unpaired) electrons. The van der Waals surface area contributed by atoms with E-state index in [1.54, 1.807) is 30.0 Å². The first-order valence-electron chi connectivity index (χ1n) is 18.8. The summed E-state index contributed by atoms with van der Waals surface area (Å²) >= 11 is 1.80. The predicted molar refractivity (Wildman–Crippen MR) is 203 cm³/mol. The lowest BCUT2D eigenvalue weighted by Crippen LogP contribution is -2.64. The molecule has 6 unspecified atom stereocenters. The van der Waals surface area contributed by atoms with E-state index in [1.165, 1.54) is 12.1 Å². The summed E-state index contributed by atoms with van der Waals surface area (Å²) in [5.74, 6) is 1.68. The number of aliphatic hydroxyl groups excluding tert-OH is 2. The van der Waals surface area contributed by atoms with Crippen LogP contribution < -0.4 is 9.47 Å². The Labute approximate surface area is 311 Å². The number of hydrogen-bond donors (Lipinski definition) is 2. The van der Waals surface area contributed by atoms with Gasteiger partial charge in [-0.15, -0.1) is 6.58 Å². The van der Waals surface area contributed by atoms with Crippen molar-refractivity contribution < 1.29 is 34.2 Å². The summed E-state index contributed by atoms with van der Waals surface area (Å²) in [6, 6.07) is 12.6. The van der Waals surface area contributed by atoms with Crippen LogP contribution >= 0.6 is 11.8 Å². The molecule has 1 saturated carbocycles. The number of ether oxygens (including phenoxy) is 3. The molecule has 2 aliphatic carbocycles. The Balaban J connectivity index is 1.44.